The van der Waals surface area contributed by atoms with Crippen LogP contribution in [0, 0.1) is 17.1 Å². The van der Waals surface area contributed by atoms with Crippen LogP contribution in [0.3, 0.4) is 0 Å². The third-order valence-corrected chi connectivity index (χ3v) is 1.61. The Kier molecular flexibility index (Phi) is 3.04. The van der Waals surface area contributed by atoms with Crippen molar-refractivity contribution in [3.63, 3.8) is 0 Å². The van der Waals surface area contributed by atoms with E-state index in [9.17, 15) is 13.2 Å². The monoisotopic (exact) mass is 202 g/mol. The van der Waals surface area contributed by atoms with Crippen LogP contribution in [0.4, 0.5) is 13.2 Å². The maximum atomic E-state index is 13.1. The van der Waals surface area contributed by atoms with E-state index < -0.39 is 30.1 Å². The smallest absolute Gasteiger partial charge is 0.281 e. The van der Waals surface area contributed by atoms with Crippen molar-refractivity contribution in [1.29, 1.82) is 5.26 Å². The van der Waals surface area contributed by atoms with E-state index in [-0.39, 0.29) is 5.56 Å². The second-order valence-electron chi connectivity index (χ2n) is 2.43. The molecule has 0 spiro atoms. The lowest BCUT2D eigenvalue weighted by Crippen LogP contribution is -2.03. The van der Waals surface area contributed by atoms with Crippen LogP contribution in [-0.2, 0) is 6.61 Å². The zero-order valence-electron chi connectivity index (χ0n) is 6.84. The van der Waals surface area contributed by atoms with Crippen LogP contribution in [0.15, 0.2) is 6.20 Å². The zero-order chi connectivity index (χ0) is 10.7. The zero-order valence-corrected chi connectivity index (χ0v) is 6.84. The van der Waals surface area contributed by atoms with Crippen molar-refractivity contribution in [3.8, 4) is 6.07 Å². The Morgan fingerprint density at radius 1 is 1.57 bits per heavy atom. The first-order valence-electron chi connectivity index (χ1n) is 3.58. The highest BCUT2D eigenvalue weighted by Gasteiger charge is 2.20. The number of aromatic nitrogens is 1. The summed E-state index contributed by atoms with van der Waals surface area (Å²) in [6, 6.07) is 1.29. The average Bonchev–Trinajstić information content (AvgIpc) is 2.17. The number of aliphatic hydroxyl groups is 1. The van der Waals surface area contributed by atoms with Crippen LogP contribution in [0.2, 0.25) is 0 Å². The van der Waals surface area contributed by atoms with Gasteiger partial charge in [0.25, 0.3) is 6.43 Å². The molecule has 0 aromatic carbocycles. The fraction of sp³-hybridized carbons (Fsp3) is 0.250. The van der Waals surface area contributed by atoms with E-state index in [1.165, 1.54) is 6.07 Å². The van der Waals surface area contributed by atoms with E-state index in [1.807, 2.05) is 0 Å². The van der Waals surface area contributed by atoms with Crippen molar-refractivity contribution in [1.82, 2.24) is 4.98 Å². The van der Waals surface area contributed by atoms with Gasteiger partial charge in [0.05, 0.1) is 6.61 Å². The second-order valence-corrected chi connectivity index (χ2v) is 2.43. The molecule has 0 fully saturated rings. The van der Waals surface area contributed by atoms with Gasteiger partial charge in [0.15, 0.2) is 0 Å². The van der Waals surface area contributed by atoms with E-state index in [0.717, 1.165) is 6.20 Å². The number of pyridine rings is 1. The van der Waals surface area contributed by atoms with Gasteiger partial charge in [0.2, 0.25) is 0 Å². The van der Waals surface area contributed by atoms with Crippen LogP contribution in [-0.4, -0.2) is 10.1 Å². The second kappa shape index (κ2) is 4.07. The summed E-state index contributed by atoms with van der Waals surface area (Å²) in [6.45, 7) is -0.684. The topological polar surface area (TPSA) is 56.9 Å². The minimum atomic E-state index is -3.01. The molecule has 1 aromatic rings. The van der Waals surface area contributed by atoms with Crippen molar-refractivity contribution >= 4 is 0 Å². The van der Waals surface area contributed by atoms with Gasteiger partial charge in [0, 0.05) is 11.8 Å². The van der Waals surface area contributed by atoms with Gasteiger partial charge in [-0.25, -0.2) is 13.2 Å². The van der Waals surface area contributed by atoms with Gasteiger partial charge in [-0.3, -0.25) is 4.98 Å². The summed E-state index contributed by atoms with van der Waals surface area (Å²) in [6.07, 6.45) is -2.22. The lowest BCUT2D eigenvalue weighted by atomic mass is 10.1. The normalized spacial score (nSPS) is 10.3. The summed E-state index contributed by atoms with van der Waals surface area (Å²) in [5.74, 6) is -1.14. The van der Waals surface area contributed by atoms with Gasteiger partial charge in [-0.2, -0.15) is 5.26 Å². The van der Waals surface area contributed by atoms with Gasteiger partial charge in [0.1, 0.15) is 23.1 Å². The Morgan fingerprint density at radius 3 is 2.64 bits per heavy atom. The van der Waals surface area contributed by atoms with Crippen molar-refractivity contribution in [2.75, 3.05) is 0 Å². The molecular weight excluding hydrogens is 197 g/mol. The summed E-state index contributed by atoms with van der Waals surface area (Å²) < 4.78 is 37.5. The molecule has 1 N–H and O–H groups in total. The first kappa shape index (κ1) is 10.5. The number of aliphatic hydroxyl groups excluding tert-OH is 1. The molecule has 0 bridgehead atoms. The van der Waals surface area contributed by atoms with E-state index in [0.29, 0.717) is 0 Å². The molecule has 3 nitrogen and oxygen atoms in total. The number of nitriles is 1. The fourth-order valence-electron chi connectivity index (χ4n) is 0.924. The van der Waals surface area contributed by atoms with Gasteiger partial charge in [-0.05, 0) is 0 Å². The number of halogens is 3. The van der Waals surface area contributed by atoms with Gasteiger partial charge in [-0.15, -0.1) is 0 Å². The molecule has 0 saturated carbocycles. The molecule has 0 aliphatic carbocycles. The Bertz CT molecular complexity index is 387. The highest BCUT2D eigenvalue weighted by Crippen LogP contribution is 2.23. The Balaban J connectivity index is 3.38. The van der Waals surface area contributed by atoms with Crippen LogP contribution >= 0.6 is 0 Å². The standard InChI is InChI=1S/C8H5F3N2O/c9-6-4(3-14)2-13-7(8(10)11)5(6)1-12/h2,8,14H,3H2. The maximum Gasteiger partial charge on any atom is 0.281 e. The lowest BCUT2D eigenvalue weighted by Gasteiger charge is -2.05. The molecular formula is C8H5F3N2O. The minimum absolute atomic E-state index is 0.272. The highest BCUT2D eigenvalue weighted by molar-refractivity contribution is 5.38. The van der Waals surface area contributed by atoms with Crippen LogP contribution in [0.25, 0.3) is 0 Å². The SMILES string of the molecule is N#Cc1c(C(F)F)ncc(CO)c1F. The molecule has 0 aliphatic heterocycles. The summed E-state index contributed by atoms with van der Waals surface area (Å²) in [5, 5.41) is 17.0. The molecule has 0 saturated heterocycles. The number of hydrogen-bond donors (Lipinski definition) is 1. The molecule has 74 valence electrons. The lowest BCUT2D eigenvalue weighted by molar-refractivity contribution is 0.145. The van der Waals surface area contributed by atoms with Crippen molar-refractivity contribution in [2.45, 2.75) is 13.0 Å². The Morgan fingerprint density at radius 2 is 2.21 bits per heavy atom. The Hall–Kier alpha value is -1.61. The van der Waals surface area contributed by atoms with Crippen molar-refractivity contribution in [2.24, 2.45) is 0 Å². The number of rotatable bonds is 2. The molecule has 0 aliphatic rings. The molecule has 6 heteroatoms. The predicted molar refractivity (Wildman–Crippen MR) is 39.8 cm³/mol. The van der Waals surface area contributed by atoms with E-state index in [1.54, 1.807) is 0 Å². The predicted octanol–water partition coefficient (Wildman–Crippen LogP) is 1.52. The third kappa shape index (κ3) is 1.67. The molecule has 0 radical (unpaired) electrons. The fourth-order valence-corrected chi connectivity index (χ4v) is 0.924. The van der Waals surface area contributed by atoms with Crippen LogP contribution < -0.4 is 0 Å². The minimum Gasteiger partial charge on any atom is -0.392 e. The molecule has 0 atom stereocenters. The molecule has 14 heavy (non-hydrogen) atoms. The average molecular weight is 202 g/mol. The summed E-state index contributed by atoms with van der Waals surface area (Å²) in [4.78, 5) is 3.21. The summed E-state index contributed by atoms with van der Waals surface area (Å²) >= 11 is 0. The molecule has 0 amide bonds. The van der Waals surface area contributed by atoms with Crippen LogP contribution in [0.1, 0.15) is 23.2 Å². The van der Waals surface area contributed by atoms with Crippen molar-refractivity contribution in [3.05, 3.63) is 28.8 Å². The molecule has 1 aromatic heterocycles. The molecule has 1 rings (SSSR count). The summed E-state index contributed by atoms with van der Waals surface area (Å²) in [5.41, 5.74) is -1.99. The molecule has 1 heterocycles. The van der Waals surface area contributed by atoms with Crippen LogP contribution in [0.5, 0.6) is 0 Å². The maximum absolute atomic E-state index is 13.1. The van der Waals surface area contributed by atoms with Gasteiger partial charge < -0.3 is 5.11 Å². The Labute approximate surface area is 77.4 Å². The van der Waals surface area contributed by atoms with Crippen molar-refractivity contribution < 1.29 is 18.3 Å². The first-order chi connectivity index (χ1) is 6.61. The van der Waals surface area contributed by atoms with E-state index in [4.69, 9.17) is 10.4 Å². The van der Waals surface area contributed by atoms with E-state index in [2.05, 4.69) is 4.98 Å². The van der Waals surface area contributed by atoms with Gasteiger partial charge in [-0.1, -0.05) is 0 Å². The number of hydrogen-bond acceptors (Lipinski definition) is 3. The summed E-state index contributed by atoms with van der Waals surface area (Å²) in [7, 11) is 0. The number of alkyl halides is 2. The largest absolute Gasteiger partial charge is 0.392 e. The number of nitrogens with zero attached hydrogens (tertiary/aromatic N) is 2. The van der Waals surface area contributed by atoms with E-state index >= 15 is 0 Å². The third-order valence-electron chi connectivity index (χ3n) is 1.61. The van der Waals surface area contributed by atoms with Gasteiger partial charge >= 0.3 is 0 Å². The molecule has 0 unspecified atom stereocenters. The first-order valence-corrected chi connectivity index (χ1v) is 3.58. The highest BCUT2D eigenvalue weighted by atomic mass is 19.3. The quantitative estimate of drug-likeness (QED) is 0.790.